The van der Waals surface area contributed by atoms with Crippen LogP contribution in [-0.2, 0) is 4.79 Å². The van der Waals surface area contributed by atoms with E-state index in [4.69, 9.17) is 10.8 Å². The van der Waals surface area contributed by atoms with Gasteiger partial charge in [-0.25, -0.2) is 9.89 Å². The number of carboxylic acid groups (broad SMARTS) is 1. The average molecular weight is 286 g/mol. The summed E-state index contributed by atoms with van der Waals surface area (Å²) in [6, 6.07) is 0.240. The summed E-state index contributed by atoms with van der Waals surface area (Å²) in [6.45, 7) is 3.38. The molecule has 0 bridgehead atoms. The number of nitrogens with two attached hydrogens (primary N) is 1. The molecule has 1 saturated carbocycles. The van der Waals surface area contributed by atoms with Gasteiger partial charge in [0.05, 0.1) is 0 Å². The van der Waals surface area contributed by atoms with Crippen molar-refractivity contribution in [3.8, 4) is 0 Å². The van der Waals surface area contributed by atoms with Crippen molar-refractivity contribution >= 4 is 17.7 Å². The van der Waals surface area contributed by atoms with Crippen molar-refractivity contribution in [2.24, 2.45) is 5.73 Å². The topological polar surface area (TPSA) is 114 Å². The lowest BCUT2D eigenvalue weighted by molar-refractivity contribution is -0.142. The first-order chi connectivity index (χ1) is 8.81. The third kappa shape index (κ3) is 3.19. The van der Waals surface area contributed by atoms with Crippen LogP contribution in [0.1, 0.15) is 39.2 Å². The van der Waals surface area contributed by atoms with Crippen molar-refractivity contribution in [1.82, 2.24) is 14.8 Å². The Kier molecular flexibility index (Phi) is 3.73. The molecular weight excluding hydrogens is 268 g/mol. The van der Waals surface area contributed by atoms with Gasteiger partial charge in [0.25, 0.3) is 0 Å². The van der Waals surface area contributed by atoms with Crippen LogP contribution >= 0.6 is 11.8 Å². The minimum atomic E-state index is -1.27. The first-order valence-electron chi connectivity index (χ1n) is 6.17. The van der Waals surface area contributed by atoms with E-state index in [0.29, 0.717) is 11.6 Å². The van der Waals surface area contributed by atoms with Gasteiger partial charge in [-0.05, 0) is 26.2 Å². The van der Waals surface area contributed by atoms with Crippen molar-refractivity contribution < 1.29 is 9.90 Å². The van der Waals surface area contributed by atoms with Crippen molar-refractivity contribution in [2.45, 2.75) is 55.1 Å². The van der Waals surface area contributed by atoms with E-state index in [0.717, 1.165) is 12.8 Å². The van der Waals surface area contributed by atoms with Crippen LogP contribution in [0, 0.1) is 0 Å². The van der Waals surface area contributed by atoms with Crippen LogP contribution in [0.3, 0.4) is 0 Å². The quantitative estimate of drug-likeness (QED) is 0.659. The van der Waals surface area contributed by atoms with Crippen LogP contribution in [0.4, 0.5) is 0 Å². The maximum atomic E-state index is 11.6. The minimum absolute atomic E-state index is 0.0428. The van der Waals surface area contributed by atoms with E-state index in [9.17, 15) is 9.59 Å². The second-order valence-electron chi connectivity index (χ2n) is 5.27. The van der Waals surface area contributed by atoms with Crippen molar-refractivity contribution in [1.29, 1.82) is 0 Å². The summed E-state index contributed by atoms with van der Waals surface area (Å²) in [6.07, 6.45) is 2.29. The van der Waals surface area contributed by atoms with Crippen LogP contribution in [0.15, 0.2) is 9.95 Å². The van der Waals surface area contributed by atoms with Gasteiger partial charge in [0.1, 0.15) is 5.54 Å². The highest BCUT2D eigenvalue weighted by atomic mass is 32.2. The molecule has 2 rings (SSSR count). The summed E-state index contributed by atoms with van der Waals surface area (Å²) in [5, 5.41) is 16.0. The Morgan fingerprint density at radius 2 is 2.37 bits per heavy atom. The molecule has 0 aromatic carbocycles. The molecule has 1 aromatic heterocycles. The molecule has 1 aliphatic rings. The smallest absolute Gasteiger partial charge is 0.344 e. The fourth-order valence-corrected chi connectivity index (χ4v) is 3.17. The summed E-state index contributed by atoms with van der Waals surface area (Å²) in [5.74, 6) is -1.03. The number of aromatic amines is 1. The monoisotopic (exact) mass is 286 g/mol. The summed E-state index contributed by atoms with van der Waals surface area (Å²) < 4.78 is 1.65. The maximum absolute atomic E-state index is 11.6. The lowest BCUT2D eigenvalue weighted by Crippen LogP contribution is -2.46. The molecular formula is C11H18N4O3S. The number of rotatable bonds is 6. The Labute approximate surface area is 114 Å². The molecule has 0 amide bonds. The number of carboxylic acids is 1. The molecule has 19 heavy (non-hydrogen) atoms. The van der Waals surface area contributed by atoms with Gasteiger partial charge in [0, 0.05) is 11.3 Å². The molecule has 0 saturated heterocycles. The first kappa shape index (κ1) is 14.1. The normalized spacial score (nSPS) is 19.9. The molecule has 7 nitrogen and oxygen atoms in total. The number of aliphatic carboxylic acids is 1. The Morgan fingerprint density at radius 3 is 2.89 bits per heavy atom. The highest BCUT2D eigenvalue weighted by Crippen LogP contribution is 2.37. The largest absolute Gasteiger partial charge is 0.480 e. The number of H-pyrrole nitrogens is 1. The van der Waals surface area contributed by atoms with Crippen LogP contribution < -0.4 is 11.4 Å². The predicted octanol–water partition coefficient (Wildman–Crippen LogP) is 0.579. The molecule has 4 N–H and O–H groups in total. The first-order valence-corrected chi connectivity index (χ1v) is 7.05. The molecule has 1 aliphatic carbocycles. The molecule has 2 atom stereocenters. The van der Waals surface area contributed by atoms with Gasteiger partial charge in [-0.2, -0.15) is 0 Å². The fraction of sp³-hybridized carbons (Fsp3) is 0.727. The van der Waals surface area contributed by atoms with Crippen LogP contribution in [-0.4, -0.2) is 36.6 Å². The fourth-order valence-electron chi connectivity index (χ4n) is 1.93. The SMILES string of the molecule is CC(CC(C)(N)C(=O)O)Sc1n[nH]c(=O)n1C1CC1. The molecule has 1 heterocycles. The summed E-state index contributed by atoms with van der Waals surface area (Å²) in [7, 11) is 0. The summed E-state index contributed by atoms with van der Waals surface area (Å²) in [4.78, 5) is 22.6. The number of thioether (sulfide) groups is 1. The Morgan fingerprint density at radius 1 is 1.74 bits per heavy atom. The van der Waals surface area contributed by atoms with Crippen molar-refractivity contribution in [3.05, 3.63) is 10.5 Å². The van der Waals surface area contributed by atoms with E-state index in [1.165, 1.54) is 18.7 Å². The molecule has 1 aromatic rings. The lowest BCUT2D eigenvalue weighted by atomic mass is 9.98. The van der Waals surface area contributed by atoms with E-state index < -0.39 is 11.5 Å². The molecule has 106 valence electrons. The number of aromatic nitrogens is 3. The van der Waals surface area contributed by atoms with Crippen molar-refractivity contribution in [2.75, 3.05) is 0 Å². The molecule has 0 radical (unpaired) electrons. The van der Waals surface area contributed by atoms with Gasteiger partial charge >= 0.3 is 11.7 Å². The molecule has 0 spiro atoms. The highest BCUT2D eigenvalue weighted by Gasteiger charge is 2.33. The van der Waals surface area contributed by atoms with Gasteiger partial charge in [-0.3, -0.25) is 9.36 Å². The zero-order valence-corrected chi connectivity index (χ0v) is 11.7. The van der Waals surface area contributed by atoms with Gasteiger partial charge in [0.2, 0.25) is 0 Å². The Balaban J connectivity index is 2.05. The molecule has 1 fully saturated rings. The third-order valence-corrected chi connectivity index (χ3v) is 4.16. The molecule has 2 unspecified atom stereocenters. The van der Waals surface area contributed by atoms with E-state index >= 15 is 0 Å². The number of hydrogen-bond donors (Lipinski definition) is 3. The number of nitrogens with zero attached hydrogens (tertiary/aromatic N) is 2. The van der Waals surface area contributed by atoms with E-state index in [2.05, 4.69) is 10.2 Å². The van der Waals surface area contributed by atoms with Crippen LogP contribution in [0.2, 0.25) is 0 Å². The summed E-state index contributed by atoms with van der Waals surface area (Å²) in [5.41, 5.74) is 4.25. The Bertz CT molecular complexity index is 532. The average Bonchev–Trinajstić information content (AvgIpc) is 3.04. The minimum Gasteiger partial charge on any atom is -0.480 e. The number of nitrogens with one attached hydrogen (secondary N) is 1. The maximum Gasteiger partial charge on any atom is 0.344 e. The predicted molar refractivity (Wildman–Crippen MR) is 71.3 cm³/mol. The second kappa shape index (κ2) is 5.01. The zero-order chi connectivity index (χ0) is 14.2. The summed E-state index contributed by atoms with van der Waals surface area (Å²) >= 11 is 1.38. The van der Waals surface area contributed by atoms with E-state index in [-0.39, 0.29) is 17.0 Å². The number of carbonyl (C=O) groups is 1. The second-order valence-corrected chi connectivity index (χ2v) is 6.67. The van der Waals surface area contributed by atoms with Crippen molar-refractivity contribution in [3.63, 3.8) is 0 Å². The van der Waals surface area contributed by atoms with Gasteiger partial charge in [-0.1, -0.05) is 18.7 Å². The lowest BCUT2D eigenvalue weighted by Gasteiger charge is -2.22. The molecule has 8 heteroatoms. The third-order valence-electron chi connectivity index (χ3n) is 3.09. The highest BCUT2D eigenvalue weighted by molar-refractivity contribution is 7.99. The zero-order valence-electron chi connectivity index (χ0n) is 10.9. The molecule has 0 aliphatic heterocycles. The number of hydrogen-bond acceptors (Lipinski definition) is 5. The van der Waals surface area contributed by atoms with Gasteiger partial charge in [0.15, 0.2) is 5.16 Å². The standard InChI is InChI=1S/C11H18N4O3S/c1-6(5-11(2,12)8(16)17)19-10-14-13-9(18)15(10)7-3-4-7/h6-7H,3-5,12H2,1-2H3,(H,13,18)(H,16,17). The Hall–Kier alpha value is -1.28. The van der Waals surface area contributed by atoms with Crippen LogP contribution in [0.5, 0.6) is 0 Å². The van der Waals surface area contributed by atoms with Gasteiger partial charge in [-0.15, -0.1) is 5.10 Å². The van der Waals surface area contributed by atoms with Crippen LogP contribution in [0.25, 0.3) is 0 Å². The van der Waals surface area contributed by atoms with E-state index in [1.807, 2.05) is 6.92 Å². The van der Waals surface area contributed by atoms with E-state index in [1.54, 1.807) is 4.57 Å². The van der Waals surface area contributed by atoms with Gasteiger partial charge < -0.3 is 10.8 Å².